The Kier molecular flexibility index (Phi) is 3.94. The van der Waals surface area contributed by atoms with E-state index in [1.807, 2.05) is 62.4 Å². The number of ether oxygens (including phenoxy) is 1. The van der Waals surface area contributed by atoms with E-state index >= 15 is 0 Å². The zero-order valence-electron chi connectivity index (χ0n) is 13.2. The topological polar surface area (TPSA) is 55.5 Å². The fourth-order valence-corrected chi connectivity index (χ4v) is 2.69. The average molecular weight is 305 g/mol. The molecule has 3 aromatic rings. The van der Waals surface area contributed by atoms with Crippen molar-refractivity contribution in [1.82, 2.24) is 0 Å². The van der Waals surface area contributed by atoms with Gasteiger partial charge in [-0.1, -0.05) is 30.3 Å². The fraction of sp³-hybridized carbons (Fsp3) is 0.100. The maximum atomic E-state index is 10.1. The summed E-state index contributed by atoms with van der Waals surface area (Å²) in [5, 5.41) is 10.1. The summed E-state index contributed by atoms with van der Waals surface area (Å²) in [6, 6.07) is 18.8. The van der Waals surface area contributed by atoms with Crippen molar-refractivity contribution in [2.24, 2.45) is 0 Å². The Bertz CT molecular complexity index is 819. The molecule has 0 aliphatic rings. The first-order valence-electron chi connectivity index (χ1n) is 7.47. The van der Waals surface area contributed by atoms with E-state index in [1.165, 1.54) is 0 Å². The van der Waals surface area contributed by atoms with Gasteiger partial charge in [0.05, 0.1) is 0 Å². The Morgan fingerprint density at radius 2 is 1.52 bits per heavy atom. The summed E-state index contributed by atoms with van der Waals surface area (Å²) >= 11 is 0. The number of benzene rings is 3. The molecule has 0 amide bonds. The lowest BCUT2D eigenvalue weighted by Crippen LogP contribution is -1.94. The van der Waals surface area contributed by atoms with Crippen LogP contribution in [0, 0.1) is 13.8 Å². The lowest BCUT2D eigenvalue weighted by molar-refractivity contribution is 0.463. The lowest BCUT2D eigenvalue weighted by Gasteiger charge is -2.14. The number of hydrogen-bond acceptors (Lipinski definition) is 3. The molecule has 3 aromatic carbocycles. The normalized spacial score (nSPS) is 10.5. The minimum Gasteiger partial charge on any atom is -0.507 e. The number of nitrogens with two attached hydrogens (primary N) is 1. The molecule has 3 heteroatoms. The van der Waals surface area contributed by atoms with Crippen molar-refractivity contribution in [2.45, 2.75) is 13.8 Å². The van der Waals surface area contributed by atoms with Gasteiger partial charge in [0.2, 0.25) is 0 Å². The smallest absolute Gasteiger partial charge is 0.133 e. The van der Waals surface area contributed by atoms with Crippen LogP contribution in [0.4, 0.5) is 5.69 Å². The van der Waals surface area contributed by atoms with Gasteiger partial charge in [-0.15, -0.1) is 0 Å². The number of hydrogen-bond donors (Lipinski definition) is 2. The van der Waals surface area contributed by atoms with Crippen LogP contribution in [0.1, 0.15) is 11.1 Å². The van der Waals surface area contributed by atoms with Gasteiger partial charge < -0.3 is 15.6 Å². The van der Waals surface area contributed by atoms with Crippen molar-refractivity contribution in [3.05, 3.63) is 71.8 Å². The highest BCUT2D eigenvalue weighted by molar-refractivity contribution is 5.71. The monoisotopic (exact) mass is 305 g/mol. The van der Waals surface area contributed by atoms with E-state index < -0.39 is 0 Å². The van der Waals surface area contributed by atoms with Crippen molar-refractivity contribution in [1.29, 1.82) is 0 Å². The van der Waals surface area contributed by atoms with Crippen LogP contribution in [0.15, 0.2) is 60.7 Å². The third-order valence-corrected chi connectivity index (χ3v) is 3.76. The van der Waals surface area contributed by atoms with Gasteiger partial charge in [-0.2, -0.15) is 0 Å². The minimum absolute atomic E-state index is 0.231. The molecule has 0 unspecified atom stereocenters. The second-order valence-electron chi connectivity index (χ2n) is 5.63. The Morgan fingerprint density at radius 3 is 2.17 bits per heavy atom. The number of phenols is 1. The van der Waals surface area contributed by atoms with Crippen molar-refractivity contribution in [3.8, 4) is 28.4 Å². The first-order chi connectivity index (χ1) is 11.0. The van der Waals surface area contributed by atoms with Crippen LogP contribution in [0.3, 0.4) is 0 Å². The van der Waals surface area contributed by atoms with Crippen molar-refractivity contribution < 1.29 is 9.84 Å². The molecule has 3 N–H and O–H groups in total. The van der Waals surface area contributed by atoms with E-state index in [0.29, 0.717) is 5.75 Å². The molecular weight excluding hydrogens is 286 g/mol. The SMILES string of the molecule is Cc1cc(N)cc(C)c1Oc1ccc(O)c(-c2ccccc2)c1. The highest BCUT2D eigenvalue weighted by atomic mass is 16.5. The molecular formula is C20H19NO2. The fourth-order valence-electron chi connectivity index (χ4n) is 2.69. The van der Waals surface area contributed by atoms with Gasteiger partial charge in [0.1, 0.15) is 17.2 Å². The molecule has 23 heavy (non-hydrogen) atoms. The van der Waals surface area contributed by atoms with Gasteiger partial charge >= 0.3 is 0 Å². The molecule has 0 heterocycles. The van der Waals surface area contributed by atoms with Gasteiger partial charge in [0.25, 0.3) is 0 Å². The third kappa shape index (κ3) is 3.14. The van der Waals surface area contributed by atoms with Gasteiger partial charge in [-0.25, -0.2) is 0 Å². The summed E-state index contributed by atoms with van der Waals surface area (Å²) < 4.78 is 6.05. The molecule has 0 aromatic heterocycles. The van der Waals surface area contributed by atoms with Crippen LogP contribution in [-0.4, -0.2) is 5.11 Å². The molecule has 0 aliphatic heterocycles. The highest BCUT2D eigenvalue weighted by Gasteiger charge is 2.10. The van der Waals surface area contributed by atoms with Gasteiger partial charge in [-0.05, 0) is 60.9 Å². The number of phenolic OH excluding ortho intramolecular Hbond substituents is 1. The van der Waals surface area contributed by atoms with Crippen LogP contribution >= 0.6 is 0 Å². The summed E-state index contributed by atoms with van der Waals surface area (Å²) in [6.45, 7) is 3.94. The number of aryl methyl sites for hydroxylation is 2. The lowest BCUT2D eigenvalue weighted by atomic mass is 10.0. The molecule has 3 rings (SSSR count). The molecule has 0 atom stereocenters. The molecule has 0 bridgehead atoms. The van der Waals surface area contributed by atoms with Crippen molar-refractivity contribution in [3.63, 3.8) is 0 Å². The Balaban J connectivity index is 2.00. The quantitative estimate of drug-likeness (QED) is 0.666. The zero-order chi connectivity index (χ0) is 16.4. The summed E-state index contributed by atoms with van der Waals surface area (Å²) in [4.78, 5) is 0. The van der Waals surface area contributed by atoms with Crippen LogP contribution in [0.2, 0.25) is 0 Å². The summed E-state index contributed by atoms with van der Waals surface area (Å²) in [5.74, 6) is 1.70. The highest BCUT2D eigenvalue weighted by Crippen LogP contribution is 2.36. The predicted molar refractivity (Wildman–Crippen MR) is 93.9 cm³/mol. The zero-order valence-corrected chi connectivity index (χ0v) is 13.2. The van der Waals surface area contributed by atoms with E-state index in [9.17, 15) is 5.11 Å². The first kappa shape index (κ1) is 15.0. The Morgan fingerprint density at radius 1 is 0.870 bits per heavy atom. The minimum atomic E-state index is 0.231. The Labute approximate surface area is 136 Å². The molecule has 116 valence electrons. The molecule has 0 spiro atoms. The average Bonchev–Trinajstić information content (AvgIpc) is 2.53. The molecule has 0 saturated heterocycles. The second kappa shape index (κ2) is 6.05. The maximum Gasteiger partial charge on any atom is 0.133 e. The first-order valence-corrected chi connectivity index (χ1v) is 7.47. The predicted octanol–water partition coefficient (Wildman–Crippen LogP) is 5.05. The van der Waals surface area contributed by atoms with Crippen LogP contribution in [0.5, 0.6) is 17.2 Å². The molecule has 0 radical (unpaired) electrons. The van der Waals surface area contributed by atoms with E-state index in [-0.39, 0.29) is 5.75 Å². The van der Waals surface area contributed by atoms with E-state index in [0.717, 1.165) is 33.7 Å². The van der Waals surface area contributed by atoms with Crippen LogP contribution < -0.4 is 10.5 Å². The van der Waals surface area contributed by atoms with Crippen LogP contribution in [0.25, 0.3) is 11.1 Å². The van der Waals surface area contributed by atoms with Crippen molar-refractivity contribution in [2.75, 3.05) is 5.73 Å². The van der Waals surface area contributed by atoms with E-state index in [1.54, 1.807) is 12.1 Å². The second-order valence-corrected chi connectivity index (χ2v) is 5.63. The number of rotatable bonds is 3. The van der Waals surface area contributed by atoms with E-state index in [2.05, 4.69) is 0 Å². The van der Waals surface area contributed by atoms with Crippen molar-refractivity contribution >= 4 is 5.69 Å². The van der Waals surface area contributed by atoms with Gasteiger partial charge in [0, 0.05) is 11.3 Å². The third-order valence-electron chi connectivity index (χ3n) is 3.76. The number of anilines is 1. The molecule has 3 nitrogen and oxygen atoms in total. The summed E-state index contributed by atoms with van der Waals surface area (Å²) in [5.41, 5.74) is 10.2. The largest absolute Gasteiger partial charge is 0.507 e. The molecule has 0 fully saturated rings. The summed E-state index contributed by atoms with van der Waals surface area (Å²) in [6.07, 6.45) is 0. The van der Waals surface area contributed by atoms with Crippen LogP contribution in [-0.2, 0) is 0 Å². The maximum absolute atomic E-state index is 10.1. The standard InChI is InChI=1S/C20H19NO2/c1-13-10-16(21)11-14(2)20(13)23-17-8-9-19(22)18(12-17)15-6-4-3-5-7-15/h3-12,22H,21H2,1-2H3. The van der Waals surface area contributed by atoms with Gasteiger partial charge in [-0.3, -0.25) is 0 Å². The summed E-state index contributed by atoms with van der Waals surface area (Å²) in [7, 11) is 0. The Hall–Kier alpha value is -2.94. The molecule has 0 aliphatic carbocycles. The number of nitrogen functional groups attached to an aromatic ring is 1. The van der Waals surface area contributed by atoms with E-state index in [4.69, 9.17) is 10.5 Å². The molecule has 0 saturated carbocycles. The van der Waals surface area contributed by atoms with Gasteiger partial charge in [0.15, 0.2) is 0 Å². The number of aromatic hydroxyl groups is 1.